The summed E-state index contributed by atoms with van der Waals surface area (Å²) in [4.78, 5) is 11.3. The molecular formula is C18H23N3O. The van der Waals surface area contributed by atoms with Gasteiger partial charge in [-0.05, 0) is 31.9 Å². The number of primary amides is 1. The van der Waals surface area contributed by atoms with Crippen molar-refractivity contribution in [3.05, 3.63) is 29.5 Å². The maximum absolute atomic E-state index is 11.3. The highest BCUT2D eigenvalue weighted by Gasteiger charge is 2.09. The van der Waals surface area contributed by atoms with E-state index < -0.39 is 5.91 Å². The molecule has 22 heavy (non-hydrogen) atoms. The number of rotatable bonds is 8. The van der Waals surface area contributed by atoms with Crippen LogP contribution in [0.25, 0.3) is 10.9 Å². The zero-order valence-corrected chi connectivity index (χ0v) is 13.1. The second kappa shape index (κ2) is 7.65. The molecule has 2 aromatic rings. The van der Waals surface area contributed by atoms with Crippen molar-refractivity contribution in [3.63, 3.8) is 0 Å². The van der Waals surface area contributed by atoms with E-state index in [1.165, 1.54) is 19.3 Å². The molecule has 0 bridgehead atoms. The van der Waals surface area contributed by atoms with E-state index in [0.29, 0.717) is 5.56 Å². The van der Waals surface area contributed by atoms with Crippen LogP contribution < -0.4 is 5.73 Å². The lowest BCUT2D eigenvalue weighted by molar-refractivity contribution is 0.100. The molecule has 2 rings (SSSR count). The first-order chi connectivity index (χ1) is 10.6. The van der Waals surface area contributed by atoms with E-state index in [1.807, 2.05) is 23.7 Å². The highest BCUT2D eigenvalue weighted by Crippen LogP contribution is 2.20. The maximum Gasteiger partial charge on any atom is 0.248 e. The van der Waals surface area contributed by atoms with Crippen molar-refractivity contribution in [3.8, 4) is 12.3 Å². The standard InChI is InChI=1S/C18H23N3O/c1-3-4-5-6-7-8-9-12-21-17-13-15(18(19)22)10-11-16(17)14(2)20-21/h1,10-11,13H,4-9,12H2,2H3,(H2,19,22). The monoisotopic (exact) mass is 297 g/mol. The molecule has 0 aliphatic heterocycles. The number of terminal acetylenes is 1. The molecule has 4 nitrogen and oxygen atoms in total. The number of amides is 1. The molecule has 4 heteroatoms. The number of aryl methyl sites for hydroxylation is 2. The highest BCUT2D eigenvalue weighted by atomic mass is 16.1. The number of nitrogens with two attached hydrogens (primary N) is 1. The predicted molar refractivity (Wildman–Crippen MR) is 89.5 cm³/mol. The lowest BCUT2D eigenvalue weighted by Gasteiger charge is -2.04. The van der Waals surface area contributed by atoms with Crippen LogP contribution >= 0.6 is 0 Å². The molecule has 0 spiro atoms. The van der Waals surface area contributed by atoms with E-state index in [1.54, 1.807) is 6.07 Å². The molecule has 1 aromatic heterocycles. The van der Waals surface area contributed by atoms with E-state index in [2.05, 4.69) is 11.0 Å². The summed E-state index contributed by atoms with van der Waals surface area (Å²) in [7, 11) is 0. The van der Waals surface area contributed by atoms with E-state index in [4.69, 9.17) is 12.2 Å². The Kier molecular flexibility index (Phi) is 5.60. The fraction of sp³-hybridized carbons (Fsp3) is 0.444. The quantitative estimate of drug-likeness (QED) is 0.599. The maximum atomic E-state index is 11.3. The molecule has 0 saturated heterocycles. The minimum Gasteiger partial charge on any atom is -0.366 e. The van der Waals surface area contributed by atoms with Gasteiger partial charge in [0.05, 0.1) is 11.2 Å². The van der Waals surface area contributed by atoms with Gasteiger partial charge in [-0.1, -0.05) is 25.3 Å². The van der Waals surface area contributed by atoms with Crippen molar-refractivity contribution in [2.24, 2.45) is 5.73 Å². The topological polar surface area (TPSA) is 60.9 Å². The summed E-state index contributed by atoms with van der Waals surface area (Å²) in [6, 6.07) is 5.52. The van der Waals surface area contributed by atoms with E-state index in [9.17, 15) is 4.79 Å². The molecular weight excluding hydrogens is 274 g/mol. The molecule has 1 amide bonds. The Bertz CT molecular complexity index is 694. The summed E-state index contributed by atoms with van der Waals surface area (Å²) in [5, 5.41) is 5.66. The second-order valence-electron chi connectivity index (χ2n) is 5.63. The number of hydrogen-bond acceptors (Lipinski definition) is 2. The van der Waals surface area contributed by atoms with Gasteiger partial charge < -0.3 is 5.73 Å². The predicted octanol–water partition coefficient (Wildman–Crippen LogP) is 3.42. The third-order valence-corrected chi connectivity index (χ3v) is 3.91. The molecule has 116 valence electrons. The van der Waals surface area contributed by atoms with E-state index in [0.717, 1.165) is 42.4 Å². The second-order valence-corrected chi connectivity index (χ2v) is 5.63. The van der Waals surface area contributed by atoms with Crippen molar-refractivity contribution in [1.82, 2.24) is 9.78 Å². The summed E-state index contributed by atoms with van der Waals surface area (Å²) >= 11 is 0. The van der Waals surface area contributed by atoms with Gasteiger partial charge in [0, 0.05) is 23.9 Å². The Hall–Kier alpha value is -2.28. The smallest absolute Gasteiger partial charge is 0.248 e. The Morgan fingerprint density at radius 2 is 2.00 bits per heavy atom. The number of fused-ring (bicyclic) bond motifs is 1. The molecule has 2 N–H and O–H groups in total. The van der Waals surface area contributed by atoms with E-state index >= 15 is 0 Å². The van der Waals surface area contributed by atoms with Crippen molar-refractivity contribution < 1.29 is 4.79 Å². The molecule has 0 unspecified atom stereocenters. The molecule has 0 radical (unpaired) electrons. The lowest BCUT2D eigenvalue weighted by atomic mass is 10.1. The molecule has 1 aromatic carbocycles. The van der Waals surface area contributed by atoms with Gasteiger partial charge in [-0.2, -0.15) is 5.10 Å². The number of carbonyl (C=O) groups excluding carboxylic acids is 1. The van der Waals surface area contributed by atoms with Crippen LogP contribution in [0.1, 0.15) is 54.6 Å². The van der Waals surface area contributed by atoms with Crippen LogP contribution in [0.15, 0.2) is 18.2 Å². The minimum atomic E-state index is -0.402. The molecule has 1 heterocycles. The van der Waals surface area contributed by atoms with Crippen LogP contribution in [-0.2, 0) is 6.54 Å². The average Bonchev–Trinajstić information content (AvgIpc) is 2.82. The Morgan fingerprint density at radius 3 is 2.73 bits per heavy atom. The van der Waals surface area contributed by atoms with Gasteiger partial charge in [0.25, 0.3) is 0 Å². The van der Waals surface area contributed by atoms with Gasteiger partial charge in [-0.15, -0.1) is 12.3 Å². The van der Waals surface area contributed by atoms with E-state index in [-0.39, 0.29) is 0 Å². The minimum absolute atomic E-state index is 0.402. The number of hydrogen-bond donors (Lipinski definition) is 1. The van der Waals surface area contributed by atoms with Crippen LogP contribution in [0.5, 0.6) is 0 Å². The van der Waals surface area contributed by atoms with Gasteiger partial charge in [0.2, 0.25) is 5.91 Å². The van der Waals surface area contributed by atoms with Gasteiger partial charge >= 0.3 is 0 Å². The van der Waals surface area contributed by atoms with Crippen LogP contribution in [0.4, 0.5) is 0 Å². The SMILES string of the molecule is C#CCCCCCCCn1nc(C)c2ccc(C(N)=O)cc21. The lowest BCUT2D eigenvalue weighted by Crippen LogP contribution is -2.11. The third kappa shape index (κ3) is 3.88. The normalized spacial score (nSPS) is 10.7. The molecule has 0 atom stereocenters. The fourth-order valence-electron chi connectivity index (χ4n) is 2.68. The number of carbonyl (C=O) groups is 1. The number of unbranched alkanes of at least 4 members (excludes halogenated alkanes) is 5. The number of benzene rings is 1. The highest BCUT2D eigenvalue weighted by molar-refractivity contribution is 5.97. The Balaban J connectivity index is 1.97. The van der Waals surface area contributed by atoms with Gasteiger partial charge in [-0.3, -0.25) is 9.48 Å². The molecule has 0 aliphatic rings. The van der Waals surface area contributed by atoms with Crippen molar-refractivity contribution in [2.45, 2.75) is 52.0 Å². The van der Waals surface area contributed by atoms with Crippen LogP contribution in [0, 0.1) is 19.3 Å². The van der Waals surface area contributed by atoms with Crippen LogP contribution in [-0.4, -0.2) is 15.7 Å². The van der Waals surface area contributed by atoms with Crippen LogP contribution in [0.2, 0.25) is 0 Å². The summed E-state index contributed by atoms with van der Waals surface area (Å²) < 4.78 is 1.98. The zero-order chi connectivity index (χ0) is 15.9. The number of aromatic nitrogens is 2. The summed E-state index contributed by atoms with van der Waals surface area (Å²) in [5.41, 5.74) is 7.86. The summed E-state index contributed by atoms with van der Waals surface area (Å²) in [5.74, 6) is 2.27. The van der Waals surface area contributed by atoms with Crippen molar-refractivity contribution >= 4 is 16.8 Å². The first kappa shape index (κ1) is 16.1. The molecule has 0 fully saturated rings. The van der Waals surface area contributed by atoms with Gasteiger partial charge in [-0.25, -0.2) is 0 Å². The Morgan fingerprint density at radius 1 is 1.27 bits per heavy atom. The zero-order valence-electron chi connectivity index (χ0n) is 13.1. The summed E-state index contributed by atoms with van der Waals surface area (Å²) in [6.45, 7) is 2.85. The molecule has 0 saturated carbocycles. The van der Waals surface area contributed by atoms with Crippen molar-refractivity contribution in [1.29, 1.82) is 0 Å². The largest absolute Gasteiger partial charge is 0.366 e. The number of nitrogens with zero attached hydrogens (tertiary/aromatic N) is 2. The van der Waals surface area contributed by atoms with Gasteiger partial charge in [0.15, 0.2) is 0 Å². The fourth-order valence-corrected chi connectivity index (χ4v) is 2.68. The third-order valence-electron chi connectivity index (χ3n) is 3.91. The van der Waals surface area contributed by atoms with Gasteiger partial charge in [0.1, 0.15) is 0 Å². The summed E-state index contributed by atoms with van der Waals surface area (Å²) in [6.07, 6.45) is 11.9. The molecule has 0 aliphatic carbocycles. The average molecular weight is 297 g/mol. The first-order valence-electron chi connectivity index (χ1n) is 7.84. The Labute approximate surface area is 131 Å². The first-order valence-corrected chi connectivity index (χ1v) is 7.84. The van der Waals surface area contributed by atoms with Crippen molar-refractivity contribution in [2.75, 3.05) is 0 Å². The van der Waals surface area contributed by atoms with Crippen LogP contribution in [0.3, 0.4) is 0 Å².